The number of benzene rings is 1. The SMILES string of the molecule is O=C1CCCN1c1ccc(Cn2cccc(-c3nc(-c4ccncc4)no3)c2=O)cc1. The Morgan fingerprint density at radius 1 is 1.00 bits per heavy atom. The van der Waals surface area contributed by atoms with Crippen molar-refractivity contribution in [1.29, 1.82) is 0 Å². The number of carbonyl (C=O) groups is 1. The average molecular weight is 413 g/mol. The zero-order chi connectivity index (χ0) is 21.2. The Morgan fingerprint density at radius 2 is 1.81 bits per heavy atom. The minimum atomic E-state index is -0.216. The molecular weight excluding hydrogens is 394 g/mol. The van der Waals surface area contributed by atoms with Crippen LogP contribution >= 0.6 is 0 Å². The van der Waals surface area contributed by atoms with E-state index in [2.05, 4.69) is 15.1 Å². The van der Waals surface area contributed by atoms with E-state index < -0.39 is 0 Å². The van der Waals surface area contributed by atoms with Crippen LogP contribution in [0.1, 0.15) is 18.4 Å². The zero-order valence-electron chi connectivity index (χ0n) is 16.6. The molecule has 5 rings (SSSR count). The standard InChI is InChI=1S/C23H19N5O3/c29-20-4-2-14-28(20)18-7-5-16(6-8-18)15-27-13-1-3-19(23(27)30)22-25-21(26-31-22)17-9-11-24-12-10-17/h1,3,5-13H,2,4,14-15H2. The van der Waals surface area contributed by atoms with Gasteiger partial charge in [-0.2, -0.15) is 4.98 Å². The van der Waals surface area contributed by atoms with E-state index in [0.29, 0.717) is 24.4 Å². The summed E-state index contributed by atoms with van der Waals surface area (Å²) in [6.07, 6.45) is 6.51. The van der Waals surface area contributed by atoms with E-state index in [4.69, 9.17) is 4.52 Å². The maximum absolute atomic E-state index is 13.0. The molecule has 0 aliphatic carbocycles. The van der Waals surface area contributed by atoms with Crippen LogP contribution in [0.25, 0.3) is 22.8 Å². The number of hydrogen-bond acceptors (Lipinski definition) is 6. The lowest BCUT2D eigenvalue weighted by atomic mass is 10.2. The fraction of sp³-hybridized carbons (Fsp3) is 0.174. The highest BCUT2D eigenvalue weighted by atomic mass is 16.5. The molecule has 0 spiro atoms. The highest BCUT2D eigenvalue weighted by molar-refractivity contribution is 5.95. The Morgan fingerprint density at radius 3 is 2.55 bits per heavy atom. The number of carbonyl (C=O) groups excluding carboxylic acids is 1. The summed E-state index contributed by atoms with van der Waals surface area (Å²) < 4.78 is 6.94. The van der Waals surface area contributed by atoms with Gasteiger partial charge < -0.3 is 14.0 Å². The molecule has 3 aromatic heterocycles. The van der Waals surface area contributed by atoms with Gasteiger partial charge >= 0.3 is 0 Å². The molecule has 0 N–H and O–H groups in total. The number of amides is 1. The summed E-state index contributed by atoms with van der Waals surface area (Å²) in [5, 5.41) is 3.98. The largest absolute Gasteiger partial charge is 0.333 e. The van der Waals surface area contributed by atoms with E-state index >= 15 is 0 Å². The van der Waals surface area contributed by atoms with Crippen molar-refractivity contribution in [1.82, 2.24) is 19.7 Å². The first kappa shape index (κ1) is 18.9. The van der Waals surface area contributed by atoms with Crippen LogP contribution in [0.15, 0.2) is 76.4 Å². The molecule has 0 bridgehead atoms. The maximum Gasteiger partial charge on any atom is 0.263 e. The maximum atomic E-state index is 13.0. The lowest BCUT2D eigenvalue weighted by molar-refractivity contribution is -0.117. The van der Waals surface area contributed by atoms with Gasteiger partial charge in [0.1, 0.15) is 5.56 Å². The van der Waals surface area contributed by atoms with Crippen molar-refractivity contribution in [2.45, 2.75) is 19.4 Å². The van der Waals surface area contributed by atoms with Crippen LogP contribution in [0.2, 0.25) is 0 Å². The van der Waals surface area contributed by atoms with E-state index in [1.807, 2.05) is 24.3 Å². The van der Waals surface area contributed by atoms with Gasteiger partial charge in [-0.3, -0.25) is 14.6 Å². The number of hydrogen-bond donors (Lipinski definition) is 0. The zero-order valence-corrected chi connectivity index (χ0v) is 16.6. The lowest BCUT2D eigenvalue weighted by Gasteiger charge is -2.16. The van der Waals surface area contributed by atoms with Crippen molar-refractivity contribution in [3.63, 3.8) is 0 Å². The lowest BCUT2D eigenvalue weighted by Crippen LogP contribution is -2.24. The van der Waals surface area contributed by atoms with Crippen molar-refractivity contribution in [3.8, 4) is 22.8 Å². The number of aromatic nitrogens is 4. The van der Waals surface area contributed by atoms with Crippen molar-refractivity contribution < 1.29 is 9.32 Å². The molecule has 8 nitrogen and oxygen atoms in total. The molecule has 8 heteroatoms. The van der Waals surface area contributed by atoms with E-state index in [-0.39, 0.29) is 17.4 Å². The second kappa shape index (κ2) is 7.98. The summed E-state index contributed by atoms with van der Waals surface area (Å²) in [5.74, 6) is 0.732. The molecule has 1 amide bonds. The molecule has 1 aliphatic heterocycles. The monoisotopic (exact) mass is 413 g/mol. The van der Waals surface area contributed by atoms with Gasteiger partial charge in [-0.15, -0.1) is 0 Å². The summed E-state index contributed by atoms with van der Waals surface area (Å²) in [5.41, 5.74) is 2.73. The number of nitrogens with zero attached hydrogens (tertiary/aromatic N) is 5. The summed E-state index contributed by atoms with van der Waals surface area (Å²) in [7, 11) is 0. The molecule has 1 aromatic carbocycles. The molecule has 0 atom stereocenters. The van der Waals surface area contributed by atoms with Crippen molar-refractivity contribution in [2.24, 2.45) is 0 Å². The van der Waals surface area contributed by atoms with E-state index in [1.165, 1.54) is 0 Å². The summed E-state index contributed by atoms with van der Waals surface area (Å²) >= 11 is 0. The van der Waals surface area contributed by atoms with Crippen LogP contribution in [-0.2, 0) is 11.3 Å². The third-order valence-electron chi connectivity index (χ3n) is 5.29. The molecule has 0 saturated carbocycles. The molecule has 0 unspecified atom stereocenters. The molecule has 1 fully saturated rings. The number of rotatable bonds is 5. The number of anilines is 1. The van der Waals surface area contributed by atoms with Gasteiger partial charge in [-0.1, -0.05) is 17.3 Å². The third kappa shape index (κ3) is 3.75. The minimum absolute atomic E-state index is 0.155. The predicted octanol–water partition coefficient (Wildman–Crippen LogP) is 3.14. The van der Waals surface area contributed by atoms with E-state index in [1.54, 1.807) is 52.3 Å². The highest BCUT2D eigenvalue weighted by Crippen LogP contribution is 2.22. The van der Waals surface area contributed by atoms with Gasteiger partial charge in [-0.05, 0) is 48.4 Å². The summed E-state index contributed by atoms with van der Waals surface area (Å²) in [6.45, 7) is 1.15. The van der Waals surface area contributed by atoms with Gasteiger partial charge in [0.25, 0.3) is 11.4 Å². The fourth-order valence-electron chi connectivity index (χ4n) is 3.67. The summed E-state index contributed by atoms with van der Waals surface area (Å²) in [4.78, 5) is 35.1. The van der Waals surface area contributed by atoms with Crippen molar-refractivity contribution >= 4 is 11.6 Å². The van der Waals surface area contributed by atoms with E-state index in [9.17, 15) is 9.59 Å². The molecule has 1 saturated heterocycles. The van der Waals surface area contributed by atoms with E-state index in [0.717, 1.165) is 29.8 Å². The second-order valence-corrected chi connectivity index (χ2v) is 7.33. The predicted molar refractivity (Wildman–Crippen MR) is 114 cm³/mol. The molecule has 0 radical (unpaired) electrons. The van der Waals surface area contributed by atoms with Crippen molar-refractivity contribution in [2.75, 3.05) is 11.4 Å². The first-order valence-electron chi connectivity index (χ1n) is 10.0. The molecule has 4 aromatic rings. The van der Waals surface area contributed by atoms with Gasteiger partial charge in [-0.25, -0.2) is 0 Å². The van der Waals surface area contributed by atoms with Crippen molar-refractivity contribution in [3.05, 3.63) is 83.0 Å². The van der Waals surface area contributed by atoms with Crippen LogP contribution in [-0.4, -0.2) is 32.1 Å². The number of pyridine rings is 2. The average Bonchev–Trinajstić information content (AvgIpc) is 3.46. The second-order valence-electron chi connectivity index (χ2n) is 7.33. The molecule has 31 heavy (non-hydrogen) atoms. The summed E-state index contributed by atoms with van der Waals surface area (Å²) in [6, 6.07) is 14.7. The van der Waals surface area contributed by atoms with Crippen LogP contribution in [0, 0.1) is 0 Å². The van der Waals surface area contributed by atoms with Gasteiger partial charge in [0.2, 0.25) is 11.7 Å². The van der Waals surface area contributed by atoms with Crippen LogP contribution < -0.4 is 10.5 Å². The quantitative estimate of drug-likeness (QED) is 0.499. The van der Waals surface area contributed by atoms with Gasteiger partial charge in [0.15, 0.2) is 0 Å². The topological polar surface area (TPSA) is 94.1 Å². The van der Waals surface area contributed by atoms with Crippen LogP contribution in [0.4, 0.5) is 5.69 Å². The fourth-order valence-corrected chi connectivity index (χ4v) is 3.67. The normalized spacial score (nSPS) is 13.7. The molecule has 4 heterocycles. The first-order valence-corrected chi connectivity index (χ1v) is 10.0. The molecular formula is C23H19N5O3. The Hall–Kier alpha value is -4.07. The minimum Gasteiger partial charge on any atom is -0.333 e. The first-order chi connectivity index (χ1) is 15.2. The van der Waals surface area contributed by atoms with Crippen LogP contribution in [0.5, 0.6) is 0 Å². The Kier molecular flexibility index (Phi) is 4.87. The van der Waals surface area contributed by atoms with Gasteiger partial charge in [0.05, 0.1) is 6.54 Å². The third-order valence-corrected chi connectivity index (χ3v) is 5.29. The smallest absolute Gasteiger partial charge is 0.263 e. The van der Waals surface area contributed by atoms with Crippen LogP contribution in [0.3, 0.4) is 0 Å². The highest BCUT2D eigenvalue weighted by Gasteiger charge is 2.21. The molecule has 154 valence electrons. The van der Waals surface area contributed by atoms with Gasteiger partial charge in [0, 0.05) is 42.8 Å². The Labute approximate surface area is 177 Å². The molecule has 1 aliphatic rings. The Bertz CT molecular complexity index is 1280. The Balaban J connectivity index is 1.38.